The molecule has 10 nitrogen and oxygen atoms in total. The zero-order valence-corrected chi connectivity index (χ0v) is 21.0. The van der Waals surface area contributed by atoms with Gasteiger partial charge in [-0.2, -0.15) is 9.37 Å². The summed E-state index contributed by atoms with van der Waals surface area (Å²) < 4.78 is 27.5. The molecule has 0 fully saturated rings. The highest BCUT2D eigenvalue weighted by Gasteiger charge is 2.23. The summed E-state index contributed by atoms with van der Waals surface area (Å²) >= 11 is 12.3. The molecule has 0 aliphatic heterocycles. The predicted octanol–water partition coefficient (Wildman–Crippen LogP) is 4.45. The van der Waals surface area contributed by atoms with Crippen LogP contribution in [0.3, 0.4) is 0 Å². The van der Waals surface area contributed by atoms with Crippen LogP contribution in [0, 0.1) is 5.95 Å². The number of carbonyl (C=O) groups excluding carboxylic acids is 1. The van der Waals surface area contributed by atoms with Crippen LogP contribution < -0.4 is 25.8 Å². The van der Waals surface area contributed by atoms with Crippen molar-refractivity contribution in [3.8, 4) is 22.8 Å². The van der Waals surface area contributed by atoms with E-state index in [1.54, 1.807) is 18.3 Å². The molecule has 1 aromatic carbocycles. The molecule has 0 saturated heterocycles. The van der Waals surface area contributed by atoms with Crippen molar-refractivity contribution in [3.63, 3.8) is 0 Å². The Hall–Kier alpha value is -3.83. The Balaban J connectivity index is 1.78. The second-order valence-corrected chi connectivity index (χ2v) is 8.33. The molecule has 0 bridgehead atoms. The Morgan fingerprint density at radius 1 is 1.14 bits per heavy atom. The van der Waals surface area contributed by atoms with Crippen molar-refractivity contribution < 1.29 is 18.7 Å². The first-order chi connectivity index (χ1) is 17.2. The molecule has 3 heterocycles. The van der Waals surface area contributed by atoms with Crippen LogP contribution in [-0.4, -0.2) is 46.0 Å². The van der Waals surface area contributed by atoms with E-state index in [9.17, 15) is 4.79 Å². The van der Waals surface area contributed by atoms with Gasteiger partial charge in [-0.1, -0.05) is 23.2 Å². The first kappa shape index (κ1) is 25.3. The lowest BCUT2D eigenvalue weighted by Gasteiger charge is -2.14. The summed E-state index contributed by atoms with van der Waals surface area (Å²) in [6, 6.07) is 6.13. The average molecular weight is 534 g/mol. The fourth-order valence-corrected chi connectivity index (χ4v) is 4.03. The SMILES string of the molecule is CCNc1nc(F)c(-c2cc(OC)c(OC)cc2Cl)n2cc(CC(=O)Nc3ccc(Cl)nc3N)nc12. The number of imidazole rings is 1. The lowest BCUT2D eigenvalue weighted by atomic mass is 10.1. The minimum Gasteiger partial charge on any atom is -0.493 e. The Morgan fingerprint density at radius 3 is 2.53 bits per heavy atom. The lowest BCUT2D eigenvalue weighted by Crippen LogP contribution is -2.16. The third-order valence-electron chi connectivity index (χ3n) is 5.19. The van der Waals surface area contributed by atoms with Crippen LogP contribution >= 0.6 is 23.2 Å². The van der Waals surface area contributed by atoms with E-state index < -0.39 is 11.9 Å². The number of aromatic nitrogens is 4. The third kappa shape index (κ3) is 4.93. The molecule has 0 atom stereocenters. The van der Waals surface area contributed by atoms with Gasteiger partial charge in [0.2, 0.25) is 11.9 Å². The van der Waals surface area contributed by atoms with Gasteiger partial charge in [-0.3, -0.25) is 9.20 Å². The Bertz CT molecular complexity index is 1460. The Morgan fingerprint density at radius 2 is 1.86 bits per heavy atom. The van der Waals surface area contributed by atoms with E-state index >= 15 is 4.39 Å². The van der Waals surface area contributed by atoms with Crippen molar-refractivity contribution in [3.05, 3.63) is 52.3 Å². The number of nitrogens with one attached hydrogen (secondary N) is 2. The number of methoxy groups -OCH3 is 2. The van der Waals surface area contributed by atoms with Crippen LogP contribution in [0.1, 0.15) is 12.6 Å². The van der Waals surface area contributed by atoms with E-state index in [2.05, 4.69) is 25.6 Å². The highest BCUT2D eigenvalue weighted by Crippen LogP contribution is 2.39. The molecule has 0 radical (unpaired) electrons. The first-order valence-electron chi connectivity index (χ1n) is 10.7. The van der Waals surface area contributed by atoms with Crippen LogP contribution in [0.2, 0.25) is 10.2 Å². The van der Waals surface area contributed by atoms with Gasteiger partial charge in [0, 0.05) is 24.4 Å². The quantitative estimate of drug-likeness (QED) is 0.283. The summed E-state index contributed by atoms with van der Waals surface area (Å²) in [5.74, 6) is -0.155. The van der Waals surface area contributed by atoms with E-state index in [0.29, 0.717) is 40.6 Å². The Kier molecular flexibility index (Phi) is 7.32. The number of fused-ring (bicyclic) bond motifs is 1. The molecular formula is C23H22Cl2FN7O3. The molecule has 0 aliphatic rings. The van der Waals surface area contributed by atoms with E-state index in [4.69, 9.17) is 38.4 Å². The fourth-order valence-electron chi connectivity index (χ4n) is 3.63. The normalized spacial score (nSPS) is 10.9. The topological polar surface area (TPSA) is 129 Å². The van der Waals surface area contributed by atoms with E-state index in [1.165, 1.54) is 30.8 Å². The van der Waals surface area contributed by atoms with Gasteiger partial charge in [0.15, 0.2) is 23.0 Å². The van der Waals surface area contributed by atoms with Crippen LogP contribution in [0.5, 0.6) is 11.5 Å². The second kappa shape index (κ2) is 10.4. The molecule has 4 N–H and O–H groups in total. The average Bonchev–Trinajstić information content (AvgIpc) is 3.25. The van der Waals surface area contributed by atoms with Crippen LogP contribution in [0.25, 0.3) is 16.9 Å². The minimum absolute atomic E-state index is 0.0444. The summed E-state index contributed by atoms with van der Waals surface area (Å²) in [5, 5.41) is 6.09. The number of anilines is 3. The molecule has 3 aromatic heterocycles. The summed E-state index contributed by atoms with van der Waals surface area (Å²) in [5.41, 5.74) is 7.15. The van der Waals surface area contributed by atoms with Crippen molar-refractivity contribution in [2.75, 3.05) is 37.1 Å². The number of nitrogens with two attached hydrogens (primary N) is 1. The number of hydrogen-bond donors (Lipinski definition) is 3. The molecule has 0 unspecified atom stereocenters. The maximum absolute atomic E-state index is 15.4. The summed E-state index contributed by atoms with van der Waals surface area (Å²) in [6.45, 7) is 2.32. The predicted molar refractivity (Wildman–Crippen MR) is 137 cm³/mol. The monoisotopic (exact) mass is 533 g/mol. The van der Waals surface area contributed by atoms with Crippen molar-refractivity contribution in [2.45, 2.75) is 13.3 Å². The maximum atomic E-state index is 15.4. The third-order valence-corrected chi connectivity index (χ3v) is 5.72. The highest BCUT2D eigenvalue weighted by molar-refractivity contribution is 6.33. The standard InChI is InChI=1S/C23H22Cl2FN7O3/c1-4-28-22-23-29-11(7-18(34)30-14-5-6-17(25)31-21(14)27)10-33(23)19(20(26)32-22)12-8-15(35-2)16(36-3)9-13(12)24/h5-6,8-10H,4,7H2,1-3H3,(H2,27,31)(H,28,32)(H,30,34). The molecule has 1 amide bonds. The molecule has 0 spiro atoms. The molecule has 4 aromatic rings. The van der Waals surface area contributed by atoms with Gasteiger partial charge in [-0.05, 0) is 25.1 Å². The van der Waals surface area contributed by atoms with Gasteiger partial charge in [0.05, 0.1) is 37.0 Å². The van der Waals surface area contributed by atoms with E-state index in [1.807, 2.05) is 6.92 Å². The molecule has 0 aliphatic carbocycles. The van der Waals surface area contributed by atoms with Crippen molar-refractivity contribution in [1.29, 1.82) is 0 Å². The number of rotatable bonds is 8. The van der Waals surface area contributed by atoms with E-state index in [0.717, 1.165) is 0 Å². The molecule has 36 heavy (non-hydrogen) atoms. The highest BCUT2D eigenvalue weighted by atomic mass is 35.5. The van der Waals surface area contributed by atoms with Gasteiger partial charge in [-0.15, -0.1) is 0 Å². The second-order valence-electron chi connectivity index (χ2n) is 7.53. The zero-order chi connectivity index (χ0) is 26.0. The summed E-state index contributed by atoms with van der Waals surface area (Å²) in [6.07, 6.45) is 1.42. The fraction of sp³-hybridized carbons (Fsp3) is 0.217. The summed E-state index contributed by atoms with van der Waals surface area (Å²) in [7, 11) is 2.94. The first-order valence-corrected chi connectivity index (χ1v) is 11.5. The number of amides is 1. The van der Waals surface area contributed by atoms with E-state index in [-0.39, 0.29) is 33.9 Å². The van der Waals surface area contributed by atoms with Crippen LogP contribution in [-0.2, 0) is 11.2 Å². The van der Waals surface area contributed by atoms with Crippen molar-refractivity contribution in [2.24, 2.45) is 0 Å². The van der Waals surface area contributed by atoms with Crippen LogP contribution in [0.15, 0.2) is 30.5 Å². The number of ether oxygens (including phenoxy) is 2. The zero-order valence-electron chi connectivity index (χ0n) is 19.5. The van der Waals surface area contributed by atoms with Crippen molar-refractivity contribution in [1.82, 2.24) is 19.4 Å². The van der Waals surface area contributed by atoms with Gasteiger partial charge in [-0.25, -0.2) is 9.97 Å². The minimum atomic E-state index is -0.791. The number of nitrogen functional groups attached to an aromatic ring is 1. The number of nitrogens with zero attached hydrogens (tertiary/aromatic N) is 4. The number of halogens is 3. The number of carbonyl (C=O) groups is 1. The van der Waals surface area contributed by atoms with Gasteiger partial charge < -0.3 is 25.8 Å². The van der Waals surface area contributed by atoms with Gasteiger partial charge in [0.1, 0.15) is 16.7 Å². The Labute approximate surface area is 215 Å². The number of pyridine rings is 1. The van der Waals surface area contributed by atoms with Gasteiger partial charge >= 0.3 is 0 Å². The molecule has 4 rings (SSSR count). The molecular weight excluding hydrogens is 512 g/mol. The molecule has 0 saturated carbocycles. The van der Waals surface area contributed by atoms with Crippen LogP contribution in [0.4, 0.5) is 21.7 Å². The lowest BCUT2D eigenvalue weighted by molar-refractivity contribution is -0.115. The number of hydrogen-bond acceptors (Lipinski definition) is 8. The maximum Gasteiger partial charge on any atom is 0.239 e. The van der Waals surface area contributed by atoms with Gasteiger partial charge in [0.25, 0.3) is 0 Å². The smallest absolute Gasteiger partial charge is 0.239 e. The molecule has 188 valence electrons. The molecule has 13 heteroatoms. The van der Waals surface area contributed by atoms with Crippen molar-refractivity contribution >= 4 is 52.1 Å². The largest absolute Gasteiger partial charge is 0.493 e. The summed E-state index contributed by atoms with van der Waals surface area (Å²) in [4.78, 5) is 25.2. The number of benzene rings is 1.